The van der Waals surface area contributed by atoms with Crippen molar-refractivity contribution in [2.24, 2.45) is 0 Å². The van der Waals surface area contributed by atoms with Gasteiger partial charge in [0.15, 0.2) is 11.5 Å². The van der Waals surface area contributed by atoms with Gasteiger partial charge < -0.3 is 30.3 Å². The second-order valence-corrected chi connectivity index (χ2v) is 6.02. The summed E-state index contributed by atoms with van der Waals surface area (Å²) in [6, 6.07) is 2.81. The number of phenols is 3. The van der Waals surface area contributed by atoms with Crippen molar-refractivity contribution in [2.45, 2.75) is 32.9 Å². The molecular formula is C15H24N2O5. The summed E-state index contributed by atoms with van der Waals surface area (Å²) in [5.74, 6) is -1.26. The summed E-state index contributed by atoms with van der Waals surface area (Å²) in [6.07, 6.45) is -0.403. The predicted molar refractivity (Wildman–Crippen MR) is 82.0 cm³/mol. The summed E-state index contributed by atoms with van der Waals surface area (Å²) in [5.41, 5.74) is -0.0797. The summed E-state index contributed by atoms with van der Waals surface area (Å²) in [7, 11) is 1.64. The van der Waals surface area contributed by atoms with Gasteiger partial charge in [-0.3, -0.25) is 0 Å². The molecule has 0 spiro atoms. The van der Waals surface area contributed by atoms with Crippen molar-refractivity contribution in [1.29, 1.82) is 0 Å². The number of nitrogens with one attached hydrogen (secondary N) is 1. The van der Waals surface area contributed by atoms with Gasteiger partial charge >= 0.3 is 6.09 Å². The van der Waals surface area contributed by atoms with Gasteiger partial charge in [0.05, 0.1) is 0 Å². The van der Waals surface area contributed by atoms with Crippen LogP contribution in [0.2, 0.25) is 0 Å². The molecule has 0 aromatic heterocycles. The van der Waals surface area contributed by atoms with Gasteiger partial charge in [0.2, 0.25) is 5.75 Å². The minimum absolute atomic E-state index is 0.293. The zero-order valence-corrected chi connectivity index (χ0v) is 13.4. The molecule has 0 aliphatic carbocycles. The fourth-order valence-corrected chi connectivity index (χ4v) is 1.65. The molecule has 0 atom stereocenters. The molecule has 1 aromatic rings. The van der Waals surface area contributed by atoms with E-state index in [0.29, 0.717) is 25.2 Å². The Hall–Kier alpha value is -2.15. The van der Waals surface area contributed by atoms with Crippen molar-refractivity contribution >= 4 is 6.09 Å². The lowest BCUT2D eigenvalue weighted by Gasteiger charge is -2.24. The maximum absolute atomic E-state index is 11.7. The van der Waals surface area contributed by atoms with Gasteiger partial charge in [-0.1, -0.05) is 6.07 Å². The van der Waals surface area contributed by atoms with Crippen LogP contribution in [-0.2, 0) is 11.3 Å². The molecule has 4 N–H and O–H groups in total. The first kappa shape index (κ1) is 17.9. The second kappa shape index (κ2) is 7.22. The van der Waals surface area contributed by atoms with Crippen molar-refractivity contribution in [2.75, 3.05) is 20.1 Å². The molecule has 7 nitrogen and oxygen atoms in total. The number of likely N-dealkylation sites (N-methyl/N-ethyl adjacent to an activating group) is 1. The number of rotatable bonds is 5. The summed E-state index contributed by atoms with van der Waals surface area (Å²) >= 11 is 0. The predicted octanol–water partition coefficient (Wildman–Crippen LogP) is 1.76. The van der Waals surface area contributed by atoms with E-state index in [1.54, 1.807) is 27.8 Å². The van der Waals surface area contributed by atoms with Crippen molar-refractivity contribution in [1.82, 2.24) is 10.2 Å². The first-order chi connectivity index (χ1) is 10.1. The maximum atomic E-state index is 11.7. The summed E-state index contributed by atoms with van der Waals surface area (Å²) in [6.45, 7) is 6.61. The molecule has 0 aliphatic rings. The van der Waals surface area contributed by atoms with Crippen LogP contribution in [0, 0.1) is 0 Å². The van der Waals surface area contributed by atoms with Crippen LogP contribution in [0.1, 0.15) is 26.3 Å². The lowest BCUT2D eigenvalue weighted by atomic mass is 10.1. The SMILES string of the molecule is CN(CCNCc1ccc(O)c(O)c1O)C(=O)OC(C)(C)C. The highest BCUT2D eigenvalue weighted by atomic mass is 16.6. The van der Waals surface area contributed by atoms with E-state index in [1.165, 1.54) is 17.0 Å². The van der Waals surface area contributed by atoms with Gasteiger partial charge in [-0.15, -0.1) is 0 Å². The lowest BCUT2D eigenvalue weighted by molar-refractivity contribution is 0.0300. The number of hydrogen-bond donors (Lipinski definition) is 4. The van der Waals surface area contributed by atoms with Gasteiger partial charge in [0.1, 0.15) is 5.60 Å². The van der Waals surface area contributed by atoms with E-state index in [9.17, 15) is 20.1 Å². The molecule has 0 fully saturated rings. The molecule has 0 aliphatic heterocycles. The third-order valence-corrected chi connectivity index (χ3v) is 2.86. The Morgan fingerprint density at radius 2 is 1.86 bits per heavy atom. The normalized spacial score (nSPS) is 11.3. The fourth-order valence-electron chi connectivity index (χ4n) is 1.65. The molecule has 0 bridgehead atoms. The molecule has 0 saturated carbocycles. The molecule has 0 heterocycles. The number of carbonyl (C=O) groups excluding carboxylic acids is 1. The number of phenolic OH excluding ortho intramolecular Hbond substituents is 3. The first-order valence-corrected chi connectivity index (χ1v) is 6.99. The molecule has 0 unspecified atom stereocenters. The smallest absolute Gasteiger partial charge is 0.410 e. The fraction of sp³-hybridized carbons (Fsp3) is 0.533. The maximum Gasteiger partial charge on any atom is 0.410 e. The highest BCUT2D eigenvalue weighted by Gasteiger charge is 2.19. The first-order valence-electron chi connectivity index (χ1n) is 6.99. The van der Waals surface area contributed by atoms with Gasteiger partial charge in [-0.05, 0) is 26.8 Å². The van der Waals surface area contributed by atoms with Crippen LogP contribution in [0.15, 0.2) is 12.1 Å². The lowest BCUT2D eigenvalue weighted by Crippen LogP contribution is -2.37. The second-order valence-electron chi connectivity index (χ2n) is 6.02. The topological polar surface area (TPSA) is 102 Å². The van der Waals surface area contributed by atoms with Crippen molar-refractivity contribution < 1.29 is 24.9 Å². The quantitative estimate of drug-likeness (QED) is 0.488. The van der Waals surface area contributed by atoms with Crippen LogP contribution in [0.4, 0.5) is 4.79 Å². The van der Waals surface area contributed by atoms with Gasteiger partial charge in [0, 0.05) is 32.2 Å². The number of carbonyl (C=O) groups is 1. The van der Waals surface area contributed by atoms with E-state index in [-0.39, 0.29) is 11.5 Å². The number of amides is 1. The largest absolute Gasteiger partial charge is 0.504 e. The molecule has 0 radical (unpaired) electrons. The number of ether oxygens (including phenoxy) is 1. The highest BCUT2D eigenvalue weighted by Crippen LogP contribution is 2.36. The Morgan fingerprint density at radius 1 is 1.23 bits per heavy atom. The number of benzene rings is 1. The van der Waals surface area contributed by atoms with E-state index in [2.05, 4.69) is 5.32 Å². The average Bonchev–Trinajstić information content (AvgIpc) is 2.41. The van der Waals surface area contributed by atoms with E-state index in [0.717, 1.165) is 0 Å². The Bertz CT molecular complexity index is 525. The number of nitrogens with zero attached hydrogens (tertiary/aromatic N) is 1. The van der Waals surface area contributed by atoms with Crippen molar-refractivity contribution in [3.05, 3.63) is 17.7 Å². The molecule has 1 amide bonds. The molecule has 7 heteroatoms. The highest BCUT2D eigenvalue weighted by molar-refractivity contribution is 5.67. The third kappa shape index (κ3) is 5.33. The standard InChI is InChI=1S/C15H24N2O5/c1-15(2,3)22-14(21)17(4)8-7-16-9-10-5-6-11(18)13(20)12(10)19/h5-6,16,18-20H,7-9H2,1-4H3. The molecular weight excluding hydrogens is 288 g/mol. The zero-order chi connectivity index (χ0) is 16.9. The third-order valence-electron chi connectivity index (χ3n) is 2.86. The van der Waals surface area contributed by atoms with Crippen LogP contribution in [0.3, 0.4) is 0 Å². The van der Waals surface area contributed by atoms with Crippen LogP contribution < -0.4 is 5.32 Å². The van der Waals surface area contributed by atoms with Crippen LogP contribution in [0.25, 0.3) is 0 Å². The van der Waals surface area contributed by atoms with E-state index < -0.39 is 17.4 Å². The Kier molecular flexibility index (Phi) is 5.87. The molecule has 124 valence electrons. The Morgan fingerprint density at radius 3 is 2.45 bits per heavy atom. The van der Waals surface area contributed by atoms with E-state index in [4.69, 9.17) is 4.74 Å². The van der Waals surface area contributed by atoms with Crippen LogP contribution in [-0.4, -0.2) is 52.1 Å². The van der Waals surface area contributed by atoms with Gasteiger partial charge in [0.25, 0.3) is 0 Å². The van der Waals surface area contributed by atoms with Gasteiger partial charge in [-0.25, -0.2) is 4.79 Å². The Balaban J connectivity index is 2.40. The summed E-state index contributed by atoms with van der Waals surface area (Å²) in [4.78, 5) is 13.2. The minimum atomic E-state index is -0.537. The van der Waals surface area contributed by atoms with Crippen LogP contribution in [0.5, 0.6) is 17.2 Å². The monoisotopic (exact) mass is 312 g/mol. The molecule has 0 saturated heterocycles. The van der Waals surface area contributed by atoms with Crippen molar-refractivity contribution in [3.63, 3.8) is 0 Å². The number of aromatic hydroxyl groups is 3. The van der Waals surface area contributed by atoms with Crippen molar-refractivity contribution in [3.8, 4) is 17.2 Å². The molecule has 22 heavy (non-hydrogen) atoms. The minimum Gasteiger partial charge on any atom is -0.504 e. The zero-order valence-electron chi connectivity index (χ0n) is 13.4. The molecule has 1 rings (SSSR count). The van der Waals surface area contributed by atoms with E-state index in [1.807, 2.05) is 0 Å². The van der Waals surface area contributed by atoms with E-state index >= 15 is 0 Å². The number of hydrogen-bond acceptors (Lipinski definition) is 6. The summed E-state index contributed by atoms with van der Waals surface area (Å²) < 4.78 is 5.22. The van der Waals surface area contributed by atoms with Crippen LogP contribution >= 0.6 is 0 Å². The van der Waals surface area contributed by atoms with Gasteiger partial charge in [-0.2, -0.15) is 0 Å². The molecule has 1 aromatic carbocycles. The summed E-state index contributed by atoms with van der Waals surface area (Å²) in [5, 5.41) is 31.4. The average molecular weight is 312 g/mol. The Labute approximate surface area is 130 Å².